The number of hydrogen-bond donors (Lipinski definition) is 1. The summed E-state index contributed by atoms with van der Waals surface area (Å²) in [5, 5.41) is 3.03. The van der Waals surface area contributed by atoms with E-state index in [1.807, 2.05) is 0 Å². The molecule has 3 atom stereocenters. The average Bonchev–Trinajstić information content (AvgIpc) is 2.36. The van der Waals surface area contributed by atoms with Gasteiger partial charge in [-0.3, -0.25) is 4.79 Å². The summed E-state index contributed by atoms with van der Waals surface area (Å²) < 4.78 is 13.8. The van der Waals surface area contributed by atoms with E-state index in [0.29, 0.717) is 16.0 Å². The molecule has 0 aliphatic heterocycles. The van der Waals surface area contributed by atoms with E-state index < -0.39 is 5.82 Å². The highest BCUT2D eigenvalue weighted by atomic mass is 79.9. The lowest BCUT2D eigenvalue weighted by molar-refractivity contribution is 0.0899. The lowest BCUT2D eigenvalue weighted by Gasteiger charge is -2.33. The Morgan fingerprint density at radius 2 is 2.11 bits per heavy atom. The number of amides is 1. The second-order valence-electron chi connectivity index (χ2n) is 5.60. The van der Waals surface area contributed by atoms with Crippen LogP contribution in [-0.4, -0.2) is 11.9 Å². The molecule has 0 aromatic heterocycles. The third-order valence-electron chi connectivity index (χ3n) is 3.93. The maximum atomic E-state index is 13.4. The number of carbonyl (C=O) groups excluding carboxylic acids is 1. The van der Waals surface area contributed by atoms with Gasteiger partial charge in [-0.25, -0.2) is 4.39 Å². The van der Waals surface area contributed by atoms with Gasteiger partial charge in [0.05, 0.1) is 4.47 Å². The van der Waals surface area contributed by atoms with Gasteiger partial charge in [0.15, 0.2) is 0 Å². The van der Waals surface area contributed by atoms with Crippen LogP contribution in [0.1, 0.15) is 43.5 Å². The number of rotatable bonds is 2. The van der Waals surface area contributed by atoms with Gasteiger partial charge in [-0.05, 0) is 65.2 Å². The normalized spacial score (nSPS) is 27.1. The molecule has 0 bridgehead atoms. The van der Waals surface area contributed by atoms with E-state index in [9.17, 15) is 9.18 Å². The van der Waals surface area contributed by atoms with Crippen molar-refractivity contribution in [3.05, 3.63) is 34.1 Å². The van der Waals surface area contributed by atoms with Crippen LogP contribution in [-0.2, 0) is 0 Å². The number of hydrogen-bond acceptors (Lipinski definition) is 1. The first-order valence-electron chi connectivity index (χ1n) is 6.73. The molecule has 2 rings (SSSR count). The van der Waals surface area contributed by atoms with Gasteiger partial charge in [0, 0.05) is 11.6 Å². The second-order valence-corrected chi connectivity index (χ2v) is 6.46. The summed E-state index contributed by atoms with van der Waals surface area (Å²) in [6, 6.07) is 4.68. The van der Waals surface area contributed by atoms with Crippen LogP contribution in [0.2, 0.25) is 0 Å². The molecule has 1 saturated carbocycles. The molecule has 19 heavy (non-hydrogen) atoms. The molecule has 0 heterocycles. The third-order valence-corrected chi connectivity index (χ3v) is 4.57. The first-order chi connectivity index (χ1) is 8.97. The van der Waals surface area contributed by atoms with Gasteiger partial charge < -0.3 is 5.32 Å². The molecule has 1 fully saturated rings. The second kappa shape index (κ2) is 6.04. The van der Waals surface area contributed by atoms with Gasteiger partial charge in [-0.1, -0.05) is 13.8 Å². The lowest BCUT2D eigenvalue weighted by atomic mass is 9.80. The lowest BCUT2D eigenvalue weighted by Crippen LogP contribution is -2.42. The monoisotopic (exact) mass is 327 g/mol. The van der Waals surface area contributed by atoms with Crippen molar-refractivity contribution in [2.75, 3.05) is 0 Å². The van der Waals surface area contributed by atoms with Crippen molar-refractivity contribution in [3.8, 4) is 0 Å². The van der Waals surface area contributed by atoms with E-state index in [2.05, 4.69) is 35.1 Å². The van der Waals surface area contributed by atoms with Crippen molar-refractivity contribution >= 4 is 21.8 Å². The zero-order valence-corrected chi connectivity index (χ0v) is 12.8. The third kappa shape index (κ3) is 3.56. The first-order valence-corrected chi connectivity index (χ1v) is 7.52. The molecule has 1 aliphatic carbocycles. The minimum Gasteiger partial charge on any atom is -0.349 e. The van der Waals surface area contributed by atoms with E-state index in [1.54, 1.807) is 12.1 Å². The molecule has 1 aromatic rings. The number of nitrogens with one attached hydrogen (secondary N) is 1. The minimum absolute atomic E-state index is 0.183. The summed E-state index contributed by atoms with van der Waals surface area (Å²) >= 11 is 3.09. The Balaban J connectivity index is 2.02. The van der Waals surface area contributed by atoms with Crippen molar-refractivity contribution in [3.63, 3.8) is 0 Å². The number of carbonyl (C=O) groups is 1. The van der Waals surface area contributed by atoms with Crippen LogP contribution in [0.5, 0.6) is 0 Å². The van der Waals surface area contributed by atoms with Crippen LogP contribution in [0.15, 0.2) is 22.7 Å². The number of halogens is 2. The van der Waals surface area contributed by atoms with Crippen LogP contribution in [0.3, 0.4) is 0 Å². The highest BCUT2D eigenvalue weighted by molar-refractivity contribution is 9.10. The molecule has 1 aromatic carbocycles. The molecule has 104 valence electrons. The molecule has 0 spiro atoms. The van der Waals surface area contributed by atoms with E-state index in [1.165, 1.54) is 6.07 Å². The summed E-state index contributed by atoms with van der Waals surface area (Å²) in [6.45, 7) is 4.42. The van der Waals surface area contributed by atoms with Gasteiger partial charge in [0.1, 0.15) is 5.82 Å². The summed E-state index contributed by atoms with van der Waals surface area (Å²) in [6.07, 6.45) is 3.29. The van der Waals surface area contributed by atoms with Crippen molar-refractivity contribution in [1.82, 2.24) is 5.32 Å². The van der Waals surface area contributed by atoms with Gasteiger partial charge in [-0.2, -0.15) is 0 Å². The number of benzene rings is 1. The summed E-state index contributed by atoms with van der Waals surface area (Å²) in [5.41, 5.74) is 0.381. The highest BCUT2D eigenvalue weighted by Crippen LogP contribution is 2.28. The Hall–Kier alpha value is -0.900. The van der Waals surface area contributed by atoms with Crippen LogP contribution < -0.4 is 5.32 Å². The van der Waals surface area contributed by atoms with Crippen LogP contribution in [0, 0.1) is 17.7 Å². The minimum atomic E-state index is -0.405. The Morgan fingerprint density at radius 3 is 2.74 bits per heavy atom. The van der Waals surface area contributed by atoms with E-state index in [-0.39, 0.29) is 11.9 Å². The van der Waals surface area contributed by atoms with Crippen LogP contribution in [0.25, 0.3) is 0 Å². The molecular weight excluding hydrogens is 309 g/mol. The Labute approximate surface area is 121 Å². The topological polar surface area (TPSA) is 29.1 Å². The average molecular weight is 328 g/mol. The fraction of sp³-hybridized carbons (Fsp3) is 0.533. The molecule has 3 unspecified atom stereocenters. The zero-order chi connectivity index (χ0) is 14.0. The standard InChI is InChI=1S/C15H19BrFNO/c1-9-3-6-14(10(2)7-9)18-15(19)11-4-5-12(16)13(17)8-11/h4-5,8-10,14H,3,6-7H2,1-2H3,(H,18,19). The molecule has 1 N–H and O–H groups in total. The molecule has 4 heteroatoms. The van der Waals surface area contributed by atoms with Gasteiger partial charge in [0.2, 0.25) is 0 Å². The van der Waals surface area contributed by atoms with E-state index in [4.69, 9.17) is 0 Å². The summed E-state index contributed by atoms with van der Waals surface area (Å²) in [7, 11) is 0. The van der Waals surface area contributed by atoms with Crippen molar-refractivity contribution in [2.24, 2.45) is 11.8 Å². The van der Waals surface area contributed by atoms with Crippen molar-refractivity contribution < 1.29 is 9.18 Å². The molecule has 0 radical (unpaired) electrons. The quantitative estimate of drug-likeness (QED) is 0.868. The highest BCUT2D eigenvalue weighted by Gasteiger charge is 2.26. The van der Waals surface area contributed by atoms with E-state index >= 15 is 0 Å². The maximum Gasteiger partial charge on any atom is 0.251 e. The van der Waals surface area contributed by atoms with Gasteiger partial charge in [0.25, 0.3) is 5.91 Å². The molecular formula is C15H19BrFNO. The Morgan fingerprint density at radius 1 is 1.37 bits per heavy atom. The fourth-order valence-electron chi connectivity index (χ4n) is 2.77. The van der Waals surface area contributed by atoms with Gasteiger partial charge in [-0.15, -0.1) is 0 Å². The smallest absolute Gasteiger partial charge is 0.251 e. The molecule has 1 aliphatic rings. The van der Waals surface area contributed by atoms with Crippen LogP contribution in [0.4, 0.5) is 4.39 Å². The Kier molecular flexibility index (Phi) is 4.61. The van der Waals surface area contributed by atoms with Gasteiger partial charge >= 0.3 is 0 Å². The molecule has 0 saturated heterocycles. The zero-order valence-electron chi connectivity index (χ0n) is 11.2. The largest absolute Gasteiger partial charge is 0.349 e. The SMILES string of the molecule is CC1CCC(NC(=O)c2ccc(Br)c(F)c2)C(C)C1. The Bertz CT molecular complexity index is 477. The van der Waals surface area contributed by atoms with Crippen LogP contribution >= 0.6 is 15.9 Å². The maximum absolute atomic E-state index is 13.4. The van der Waals surface area contributed by atoms with Crippen molar-refractivity contribution in [1.29, 1.82) is 0 Å². The van der Waals surface area contributed by atoms with Crippen molar-refractivity contribution in [2.45, 2.75) is 39.2 Å². The van der Waals surface area contributed by atoms with E-state index in [0.717, 1.165) is 25.2 Å². The first kappa shape index (κ1) is 14.5. The predicted molar refractivity (Wildman–Crippen MR) is 77.5 cm³/mol. The molecule has 1 amide bonds. The summed E-state index contributed by atoms with van der Waals surface area (Å²) in [4.78, 5) is 12.1. The fourth-order valence-corrected chi connectivity index (χ4v) is 3.02. The summed E-state index contributed by atoms with van der Waals surface area (Å²) in [5.74, 6) is 0.622. The predicted octanol–water partition coefficient (Wildman–Crippen LogP) is 4.14. The molecule has 2 nitrogen and oxygen atoms in total.